The van der Waals surface area contributed by atoms with Gasteiger partial charge in [-0.15, -0.1) is 0 Å². The summed E-state index contributed by atoms with van der Waals surface area (Å²) in [5.74, 6) is -0.194. The van der Waals surface area contributed by atoms with Crippen molar-refractivity contribution in [2.75, 3.05) is 0 Å². The average Bonchev–Trinajstić information content (AvgIpc) is 3.20. The van der Waals surface area contributed by atoms with Crippen LogP contribution in [0.1, 0.15) is 27.4 Å². The number of carboxylic acids is 1. The monoisotopic (exact) mass is 400 g/mol. The van der Waals surface area contributed by atoms with E-state index in [-0.39, 0.29) is 11.3 Å². The van der Waals surface area contributed by atoms with Crippen molar-refractivity contribution < 1.29 is 19.2 Å². The molecule has 0 aliphatic carbocycles. The fourth-order valence-corrected chi connectivity index (χ4v) is 3.21. The molecule has 2 aromatic heterocycles. The average molecular weight is 400 g/mol. The minimum Gasteiger partial charge on any atom is -0.478 e. The van der Waals surface area contributed by atoms with Gasteiger partial charge in [0.25, 0.3) is 5.69 Å². The first-order valence-corrected chi connectivity index (χ1v) is 9.09. The van der Waals surface area contributed by atoms with Crippen molar-refractivity contribution in [1.29, 1.82) is 0 Å². The van der Waals surface area contributed by atoms with Gasteiger partial charge in [0, 0.05) is 11.5 Å². The molecular formula is C23H16N2O5. The number of hydrogen-bond acceptors (Lipinski definition) is 5. The van der Waals surface area contributed by atoms with Gasteiger partial charge in [-0.1, -0.05) is 24.3 Å². The Kier molecular flexibility index (Phi) is 4.85. The number of para-hydroxylation sites is 1. The second kappa shape index (κ2) is 7.63. The molecule has 2 aromatic carbocycles. The van der Waals surface area contributed by atoms with Crippen LogP contribution in [-0.2, 0) is 0 Å². The number of hydrogen-bond donors (Lipinski definition) is 1. The molecule has 0 saturated heterocycles. The van der Waals surface area contributed by atoms with Gasteiger partial charge in [0.15, 0.2) is 0 Å². The first-order valence-electron chi connectivity index (χ1n) is 9.09. The molecule has 0 amide bonds. The number of aromatic nitrogens is 1. The van der Waals surface area contributed by atoms with E-state index in [1.807, 2.05) is 0 Å². The summed E-state index contributed by atoms with van der Waals surface area (Å²) in [6, 6.07) is 16.8. The van der Waals surface area contributed by atoms with Gasteiger partial charge in [-0.3, -0.25) is 10.1 Å². The zero-order valence-corrected chi connectivity index (χ0v) is 15.9. The van der Waals surface area contributed by atoms with Crippen LogP contribution in [0.25, 0.3) is 34.4 Å². The first-order chi connectivity index (χ1) is 14.4. The quantitative estimate of drug-likeness (QED) is 0.346. The van der Waals surface area contributed by atoms with E-state index in [1.165, 1.54) is 12.1 Å². The van der Waals surface area contributed by atoms with Crippen molar-refractivity contribution in [2.24, 2.45) is 0 Å². The highest BCUT2D eigenvalue weighted by atomic mass is 16.6. The van der Waals surface area contributed by atoms with E-state index in [2.05, 4.69) is 4.98 Å². The number of carboxylic acid groups (broad SMARTS) is 1. The van der Waals surface area contributed by atoms with Gasteiger partial charge in [0.1, 0.15) is 11.5 Å². The van der Waals surface area contributed by atoms with Crippen molar-refractivity contribution in [3.05, 3.63) is 93.4 Å². The van der Waals surface area contributed by atoms with Crippen LogP contribution < -0.4 is 0 Å². The minimum atomic E-state index is -1.03. The van der Waals surface area contributed by atoms with E-state index in [1.54, 1.807) is 67.6 Å². The Morgan fingerprint density at radius 2 is 1.90 bits per heavy atom. The first kappa shape index (κ1) is 19.1. The summed E-state index contributed by atoms with van der Waals surface area (Å²) in [5, 5.41) is 21.4. The number of fused-ring (bicyclic) bond motifs is 1. The lowest BCUT2D eigenvalue weighted by atomic mass is 10.1. The van der Waals surface area contributed by atoms with Crippen LogP contribution in [0.4, 0.5) is 5.69 Å². The number of nitrogens with zero attached hydrogens (tertiary/aromatic N) is 2. The molecule has 0 bridgehead atoms. The number of carbonyl (C=O) groups is 1. The summed E-state index contributed by atoms with van der Waals surface area (Å²) in [6.07, 6.45) is 3.29. The predicted octanol–water partition coefficient (Wildman–Crippen LogP) is 5.58. The zero-order valence-electron chi connectivity index (χ0n) is 15.9. The second-order valence-corrected chi connectivity index (χ2v) is 6.73. The normalized spacial score (nSPS) is 11.2. The van der Waals surface area contributed by atoms with Gasteiger partial charge >= 0.3 is 5.97 Å². The molecule has 0 aliphatic heterocycles. The molecule has 2 heterocycles. The lowest BCUT2D eigenvalue weighted by Crippen LogP contribution is -2.00. The highest BCUT2D eigenvalue weighted by Crippen LogP contribution is 2.32. The van der Waals surface area contributed by atoms with Crippen molar-refractivity contribution in [3.8, 4) is 11.3 Å². The maximum atomic E-state index is 11.6. The number of nitro groups is 1. The Hall–Kier alpha value is -4.26. The van der Waals surface area contributed by atoms with Crippen molar-refractivity contribution in [2.45, 2.75) is 6.92 Å². The van der Waals surface area contributed by atoms with Crippen LogP contribution in [0, 0.1) is 17.0 Å². The van der Waals surface area contributed by atoms with Crippen LogP contribution in [0.3, 0.4) is 0 Å². The van der Waals surface area contributed by atoms with Gasteiger partial charge in [0.05, 0.1) is 27.3 Å². The third-order valence-electron chi connectivity index (χ3n) is 4.63. The Balaban J connectivity index is 1.68. The number of aromatic carboxylic acids is 1. The van der Waals surface area contributed by atoms with Gasteiger partial charge < -0.3 is 9.52 Å². The number of rotatable bonds is 5. The number of benzene rings is 2. The maximum absolute atomic E-state index is 11.6. The van der Waals surface area contributed by atoms with E-state index >= 15 is 0 Å². The molecule has 4 aromatic rings. The molecule has 0 saturated carbocycles. The van der Waals surface area contributed by atoms with Gasteiger partial charge in [-0.2, -0.15) is 0 Å². The SMILES string of the molecule is Cc1ccc(-c2ccc(/C=C/c3cc(C(=O)O)c4ccccc4n3)o2)c([N+](=O)[O-])c1. The summed E-state index contributed by atoms with van der Waals surface area (Å²) in [6.45, 7) is 1.79. The zero-order chi connectivity index (χ0) is 21.3. The molecule has 30 heavy (non-hydrogen) atoms. The molecule has 7 nitrogen and oxygen atoms in total. The largest absolute Gasteiger partial charge is 0.478 e. The molecule has 0 unspecified atom stereocenters. The minimum absolute atomic E-state index is 0.0258. The molecule has 4 rings (SSSR count). The molecule has 148 valence electrons. The van der Waals surface area contributed by atoms with Crippen molar-refractivity contribution >= 4 is 34.7 Å². The van der Waals surface area contributed by atoms with Gasteiger partial charge in [-0.25, -0.2) is 9.78 Å². The van der Waals surface area contributed by atoms with E-state index in [4.69, 9.17) is 4.42 Å². The van der Waals surface area contributed by atoms with Crippen LogP contribution in [0.15, 0.2) is 65.1 Å². The Morgan fingerprint density at radius 3 is 2.67 bits per heavy atom. The highest BCUT2D eigenvalue weighted by Gasteiger charge is 2.18. The van der Waals surface area contributed by atoms with Crippen LogP contribution in [0.2, 0.25) is 0 Å². The van der Waals surface area contributed by atoms with E-state index in [0.717, 1.165) is 5.56 Å². The van der Waals surface area contributed by atoms with Crippen molar-refractivity contribution in [3.63, 3.8) is 0 Å². The summed E-state index contributed by atoms with van der Waals surface area (Å²) in [4.78, 5) is 27.0. The van der Waals surface area contributed by atoms with Crippen LogP contribution in [-0.4, -0.2) is 21.0 Å². The van der Waals surface area contributed by atoms with Crippen LogP contribution in [0.5, 0.6) is 0 Å². The molecule has 0 spiro atoms. The van der Waals surface area contributed by atoms with Gasteiger partial charge in [0.2, 0.25) is 0 Å². The molecule has 0 atom stereocenters. The fourth-order valence-electron chi connectivity index (χ4n) is 3.21. The number of pyridine rings is 1. The Bertz CT molecular complexity index is 1320. The molecule has 1 N–H and O–H groups in total. The maximum Gasteiger partial charge on any atom is 0.336 e. The Labute approximate surface area is 171 Å². The topological polar surface area (TPSA) is 106 Å². The molecular weight excluding hydrogens is 384 g/mol. The van der Waals surface area contributed by atoms with E-state index < -0.39 is 10.9 Å². The smallest absolute Gasteiger partial charge is 0.336 e. The Morgan fingerprint density at radius 1 is 1.10 bits per heavy atom. The summed E-state index contributed by atoms with van der Waals surface area (Å²) in [5.41, 5.74) is 2.35. The van der Waals surface area contributed by atoms with Crippen molar-refractivity contribution in [1.82, 2.24) is 4.98 Å². The third kappa shape index (κ3) is 3.68. The third-order valence-corrected chi connectivity index (χ3v) is 4.63. The highest BCUT2D eigenvalue weighted by molar-refractivity contribution is 6.03. The lowest BCUT2D eigenvalue weighted by Gasteiger charge is -2.03. The summed E-state index contributed by atoms with van der Waals surface area (Å²) >= 11 is 0. The molecule has 7 heteroatoms. The predicted molar refractivity (Wildman–Crippen MR) is 113 cm³/mol. The molecule has 0 fully saturated rings. The van der Waals surface area contributed by atoms with Crippen LogP contribution >= 0.6 is 0 Å². The summed E-state index contributed by atoms with van der Waals surface area (Å²) < 4.78 is 5.75. The standard InChI is InChI=1S/C23H16N2O5/c1-14-6-10-18(21(12-14)25(28)29)22-11-9-16(30-22)8-7-15-13-19(23(26)27)17-4-2-3-5-20(17)24-15/h2-13H,1H3,(H,26,27)/b8-7+. The van der Waals surface area contributed by atoms with Gasteiger partial charge in [-0.05, 0) is 55.0 Å². The lowest BCUT2D eigenvalue weighted by molar-refractivity contribution is -0.384. The number of nitro benzene ring substituents is 1. The van der Waals surface area contributed by atoms with E-state index in [0.29, 0.717) is 33.7 Å². The second-order valence-electron chi connectivity index (χ2n) is 6.73. The number of furan rings is 1. The molecule has 0 radical (unpaired) electrons. The fraction of sp³-hybridized carbons (Fsp3) is 0.0435. The van der Waals surface area contributed by atoms with E-state index in [9.17, 15) is 20.0 Å². The number of aryl methyl sites for hydroxylation is 1. The summed E-state index contributed by atoms with van der Waals surface area (Å²) in [7, 11) is 0. The molecule has 0 aliphatic rings.